The zero-order chi connectivity index (χ0) is 35.7. The van der Waals surface area contributed by atoms with E-state index in [1.165, 1.54) is 37.5 Å². The molecule has 3 aliphatic rings. The highest BCUT2D eigenvalue weighted by Gasteiger charge is 2.65. The summed E-state index contributed by atoms with van der Waals surface area (Å²) in [4.78, 5) is 34.4. The summed E-state index contributed by atoms with van der Waals surface area (Å²) in [6, 6.07) is 7.06. The van der Waals surface area contributed by atoms with Crippen LogP contribution in [0.3, 0.4) is 0 Å². The number of amides is 1. The summed E-state index contributed by atoms with van der Waals surface area (Å²) in [6.07, 6.45) is 4.09. The summed E-state index contributed by atoms with van der Waals surface area (Å²) in [6.45, 7) is 7.92. The Morgan fingerprint density at radius 2 is 1.96 bits per heavy atom. The molecule has 264 valence electrons. The number of aromatic nitrogens is 2. The predicted octanol–water partition coefficient (Wildman–Crippen LogP) is 6.13. The lowest BCUT2D eigenvalue weighted by Crippen LogP contribution is -2.42. The fourth-order valence-electron chi connectivity index (χ4n) is 7.04. The molecule has 6 rings (SSSR count). The SMILES string of the molecule is CC1(C)C2CCC1(CS(=O)(=O)O)C(=O)C2.CCN1CCCOc2cc(Nc3ncc(Cl)c(Nc4c(F)cccc4C(=O)NC)n3)c(F)cc21. The highest BCUT2D eigenvalue weighted by atomic mass is 35.5. The molecule has 2 aliphatic carbocycles. The van der Waals surface area contributed by atoms with Crippen LogP contribution in [0.15, 0.2) is 36.5 Å². The van der Waals surface area contributed by atoms with Crippen molar-refractivity contribution in [3.05, 3.63) is 58.7 Å². The molecule has 16 heteroatoms. The van der Waals surface area contributed by atoms with E-state index in [4.69, 9.17) is 20.9 Å². The predicted molar refractivity (Wildman–Crippen MR) is 183 cm³/mol. The molecule has 2 fully saturated rings. The first-order chi connectivity index (χ1) is 23.1. The average Bonchev–Trinajstić information content (AvgIpc) is 3.26. The number of carbonyl (C=O) groups is 2. The Balaban J connectivity index is 0.000000259. The maximum Gasteiger partial charge on any atom is 0.265 e. The van der Waals surface area contributed by atoms with E-state index >= 15 is 0 Å². The molecule has 3 aromatic rings. The first-order valence-electron chi connectivity index (χ1n) is 15.9. The quantitative estimate of drug-likeness (QED) is 0.198. The summed E-state index contributed by atoms with van der Waals surface area (Å²) < 4.78 is 66.2. The van der Waals surface area contributed by atoms with Gasteiger partial charge in [-0.3, -0.25) is 14.1 Å². The summed E-state index contributed by atoms with van der Waals surface area (Å²) in [5.41, 5.74) is -0.352. The number of nitrogens with one attached hydrogen (secondary N) is 3. The van der Waals surface area contributed by atoms with Crippen LogP contribution < -0.4 is 25.6 Å². The summed E-state index contributed by atoms with van der Waals surface area (Å²) in [5.74, 6) is -1.15. The summed E-state index contributed by atoms with van der Waals surface area (Å²) >= 11 is 6.21. The molecule has 49 heavy (non-hydrogen) atoms. The number of anilines is 5. The number of carbonyl (C=O) groups excluding carboxylic acids is 2. The summed E-state index contributed by atoms with van der Waals surface area (Å²) in [7, 11) is -2.64. The molecule has 1 aromatic heterocycles. The van der Waals surface area contributed by atoms with Gasteiger partial charge in [0.05, 0.1) is 46.6 Å². The lowest BCUT2D eigenvalue weighted by Gasteiger charge is -2.35. The van der Waals surface area contributed by atoms with Crippen LogP contribution in [0.5, 0.6) is 5.75 Å². The van der Waals surface area contributed by atoms with Crippen LogP contribution in [0.4, 0.5) is 37.6 Å². The van der Waals surface area contributed by atoms with Gasteiger partial charge in [-0.05, 0) is 49.7 Å². The Kier molecular flexibility index (Phi) is 10.4. The van der Waals surface area contributed by atoms with E-state index in [0.717, 1.165) is 25.9 Å². The van der Waals surface area contributed by atoms with Crippen molar-refractivity contribution >= 4 is 62.2 Å². The number of nitrogens with zero attached hydrogens (tertiary/aromatic N) is 3. The van der Waals surface area contributed by atoms with Gasteiger partial charge in [0.2, 0.25) is 5.95 Å². The molecule has 0 radical (unpaired) electrons. The van der Waals surface area contributed by atoms with E-state index in [2.05, 4.69) is 30.8 Å². The van der Waals surface area contributed by atoms with Gasteiger partial charge >= 0.3 is 0 Å². The van der Waals surface area contributed by atoms with Crippen LogP contribution in [-0.2, 0) is 14.9 Å². The van der Waals surface area contributed by atoms with Gasteiger partial charge in [0.25, 0.3) is 16.0 Å². The minimum absolute atomic E-state index is 0.0152. The molecule has 2 bridgehead atoms. The van der Waals surface area contributed by atoms with Crippen LogP contribution in [-0.4, -0.2) is 67.1 Å². The average molecular weight is 721 g/mol. The van der Waals surface area contributed by atoms with Crippen LogP contribution >= 0.6 is 11.6 Å². The number of hydrogen-bond donors (Lipinski definition) is 4. The second-order valence-electron chi connectivity index (χ2n) is 12.9. The van der Waals surface area contributed by atoms with E-state index in [9.17, 15) is 26.8 Å². The number of Topliss-reactive ketones (excluding diaryl/α,β-unsaturated/α-hetero) is 1. The highest BCUT2D eigenvalue weighted by molar-refractivity contribution is 7.85. The molecule has 0 saturated heterocycles. The Morgan fingerprint density at radius 3 is 2.59 bits per heavy atom. The van der Waals surface area contributed by atoms with Gasteiger partial charge in [0.15, 0.2) is 5.82 Å². The van der Waals surface area contributed by atoms with Gasteiger partial charge in [-0.25, -0.2) is 13.8 Å². The van der Waals surface area contributed by atoms with Gasteiger partial charge in [-0.1, -0.05) is 31.5 Å². The zero-order valence-corrected chi connectivity index (χ0v) is 29.1. The number of para-hydroxylation sites is 1. The molecule has 2 heterocycles. The second kappa shape index (κ2) is 14.0. The van der Waals surface area contributed by atoms with Crippen LogP contribution in [0, 0.1) is 28.4 Å². The minimum Gasteiger partial charge on any atom is -0.491 e. The van der Waals surface area contributed by atoms with Crippen molar-refractivity contribution in [1.29, 1.82) is 0 Å². The maximum atomic E-state index is 14.9. The molecule has 2 aromatic carbocycles. The number of benzene rings is 2. The maximum absolute atomic E-state index is 14.9. The number of ether oxygens (including phenoxy) is 1. The largest absolute Gasteiger partial charge is 0.491 e. The molecule has 0 spiro atoms. The topological polar surface area (TPSA) is 163 Å². The van der Waals surface area contributed by atoms with Gasteiger partial charge in [-0.2, -0.15) is 13.4 Å². The standard InChI is InChI=1S/C23H23ClF2N6O2.C10H16O4S/c1-3-32-8-5-9-34-19-11-17(16(26)10-18(19)32)29-23-28-12-14(24)21(31-23)30-20-13(22(33)27-2)6-4-7-15(20)25;1-9(2)7-3-4-10(9,8(11)5-7)6-15(12,13)14/h4,6-7,10-12H,3,5,8-9H2,1-2H3,(H,27,33)(H2,28,29,30,31);7H,3-6H2,1-2H3,(H,12,13,14). The summed E-state index contributed by atoms with van der Waals surface area (Å²) in [5, 5.41) is 8.12. The second-order valence-corrected chi connectivity index (χ2v) is 14.7. The fraction of sp³-hybridized carbons (Fsp3) is 0.455. The Morgan fingerprint density at radius 1 is 1.20 bits per heavy atom. The van der Waals surface area contributed by atoms with Gasteiger partial charge in [0.1, 0.15) is 28.2 Å². The molecule has 2 atom stereocenters. The lowest BCUT2D eigenvalue weighted by molar-refractivity contribution is -0.128. The van der Waals surface area contributed by atoms with E-state index in [1.54, 1.807) is 6.07 Å². The smallest absolute Gasteiger partial charge is 0.265 e. The Hall–Kier alpha value is -4.08. The Bertz CT molecular complexity index is 1880. The van der Waals surface area contributed by atoms with E-state index < -0.39 is 38.8 Å². The van der Waals surface area contributed by atoms with Crippen LogP contribution in [0.2, 0.25) is 5.02 Å². The molecule has 4 N–H and O–H groups in total. The number of fused-ring (bicyclic) bond motifs is 3. The normalized spacial score (nSPS) is 20.8. The van der Waals surface area contributed by atoms with Crippen molar-refractivity contribution < 1.29 is 36.1 Å². The third kappa shape index (κ3) is 7.29. The highest BCUT2D eigenvalue weighted by Crippen LogP contribution is 2.64. The number of ketones is 1. The monoisotopic (exact) mass is 720 g/mol. The fourth-order valence-corrected chi connectivity index (χ4v) is 8.47. The third-order valence-electron chi connectivity index (χ3n) is 9.89. The molecular formula is C33H39ClF2N6O6S. The van der Waals surface area contributed by atoms with E-state index in [1.807, 2.05) is 20.8 Å². The van der Waals surface area contributed by atoms with Crippen LogP contribution in [0.1, 0.15) is 56.8 Å². The lowest BCUT2D eigenvalue weighted by atomic mass is 9.70. The number of rotatable bonds is 8. The number of hydrogen-bond acceptors (Lipinski definition) is 10. The van der Waals surface area contributed by atoms with Crippen molar-refractivity contribution in [2.24, 2.45) is 16.7 Å². The first kappa shape index (κ1) is 36.2. The molecule has 1 amide bonds. The Labute approximate surface area is 288 Å². The van der Waals surface area contributed by atoms with Crippen molar-refractivity contribution in [1.82, 2.24) is 15.3 Å². The third-order valence-corrected chi connectivity index (χ3v) is 11.0. The zero-order valence-electron chi connectivity index (χ0n) is 27.6. The van der Waals surface area contributed by atoms with Crippen molar-refractivity contribution in [2.45, 2.75) is 46.5 Å². The van der Waals surface area contributed by atoms with Crippen molar-refractivity contribution in [3.63, 3.8) is 0 Å². The molecule has 12 nitrogen and oxygen atoms in total. The molecule has 1 aliphatic heterocycles. The number of halogens is 3. The van der Waals surface area contributed by atoms with Gasteiger partial charge in [-0.15, -0.1) is 0 Å². The minimum atomic E-state index is -4.08. The van der Waals surface area contributed by atoms with Gasteiger partial charge in [0, 0.05) is 38.7 Å². The van der Waals surface area contributed by atoms with E-state index in [0.29, 0.717) is 30.9 Å². The molecular weight excluding hydrogens is 682 g/mol. The van der Waals surface area contributed by atoms with Crippen LogP contribution in [0.25, 0.3) is 0 Å². The van der Waals surface area contributed by atoms with Crippen molar-refractivity contribution in [3.8, 4) is 5.75 Å². The molecule has 2 saturated carbocycles. The van der Waals surface area contributed by atoms with E-state index in [-0.39, 0.29) is 50.8 Å². The van der Waals surface area contributed by atoms with Gasteiger partial charge < -0.3 is 25.6 Å². The first-order valence-corrected chi connectivity index (χ1v) is 17.9. The molecule has 2 unspecified atom stereocenters. The van der Waals surface area contributed by atoms with Crippen molar-refractivity contribution in [2.75, 3.05) is 48.0 Å².